The Kier molecular flexibility index (Phi) is 9.67. The van der Waals surface area contributed by atoms with Crippen LogP contribution in [0.5, 0.6) is 0 Å². The molecular weight excluding hydrogens is 617 g/mol. The largest absolute Gasteiger partial charge is 0.443 e. The van der Waals surface area contributed by atoms with E-state index in [1.807, 2.05) is 20.8 Å². The SMILES string of the molecule is CCOP(C)(=O)[C@H](CO)OC[C@H]1O[C@@H](n2ncc3c(N(C(=O)OC(C)(C)C)C4CCCC4)nc(Cl)nc32)[C@@H]2OC(C)(C)O[C@@H]21. The molecule has 0 spiro atoms. The summed E-state index contributed by atoms with van der Waals surface area (Å²) in [6, 6.07) is -0.117. The highest BCUT2D eigenvalue weighted by atomic mass is 35.5. The zero-order valence-electron chi connectivity index (χ0n) is 26.3. The van der Waals surface area contributed by atoms with Crippen LogP contribution >= 0.6 is 19.0 Å². The van der Waals surface area contributed by atoms with E-state index in [0.29, 0.717) is 16.9 Å². The minimum Gasteiger partial charge on any atom is -0.443 e. The number of aromatic nitrogens is 4. The molecule has 1 saturated carbocycles. The molecule has 1 amide bonds. The molecule has 3 aliphatic rings. The number of carbonyl (C=O) groups excluding carboxylic acids is 1. The molecule has 246 valence electrons. The summed E-state index contributed by atoms with van der Waals surface area (Å²) in [5, 5.41) is 14.9. The van der Waals surface area contributed by atoms with E-state index in [2.05, 4.69) is 15.1 Å². The third kappa shape index (κ3) is 6.92. The number of fused-ring (bicyclic) bond motifs is 2. The van der Waals surface area contributed by atoms with Crippen molar-refractivity contribution in [3.63, 3.8) is 0 Å². The van der Waals surface area contributed by atoms with Crippen molar-refractivity contribution in [1.29, 1.82) is 0 Å². The fourth-order valence-electron chi connectivity index (χ4n) is 6.01. The van der Waals surface area contributed by atoms with Gasteiger partial charge in [-0.1, -0.05) is 12.8 Å². The Labute approximate surface area is 262 Å². The minimum atomic E-state index is -3.25. The zero-order chi connectivity index (χ0) is 32.0. The van der Waals surface area contributed by atoms with E-state index in [1.165, 1.54) is 6.66 Å². The summed E-state index contributed by atoms with van der Waals surface area (Å²) in [6.45, 7) is 11.9. The standard InChI is InChI=1S/C28H43ClN5O9P/c1-8-39-44(7,37)19(14-35)38-15-18-20-21(42-28(5,6)41-20)24(40-18)34-23-17(13-30-34)22(31-25(29)32-23)33(16-11-9-10-12-16)26(36)43-27(2,3)4/h13,16,18-21,24,35H,8-12,14-15H2,1-7H3/t18-,19-,20-,21-,24-,44?/m1/s1. The van der Waals surface area contributed by atoms with E-state index in [4.69, 9.17) is 39.8 Å². The Hall–Kier alpha value is -1.90. The van der Waals surface area contributed by atoms with Gasteiger partial charge in [-0.05, 0) is 66.0 Å². The molecule has 3 fully saturated rings. The summed E-state index contributed by atoms with van der Waals surface area (Å²) in [6.07, 6.45) is 1.94. The summed E-state index contributed by atoms with van der Waals surface area (Å²) >= 11 is 6.48. The summed E-state index contributed by atoms with van der Waals surface area (Å²) in [5.74, 6) is -1.66. The van der Waals surface area contributed by atoms with Gasteiger partial charge >= 0.3 is 6.09 Å². The van der Waals surface area contributed by atoms with Crippen LogP contribution < -0.4 is 4.90 Å². The van der Waals surface area contributed by atoms with Gasteiger partial charge in [-0.15, -0.1) is 0 Å². The smallest absolute Gasteiger partial charge is 0.416 e. The number of amides is 1. The average molecular weight is 660 g/mol. The lowest BCUT2D eigenvalue weighted by Crippen LogP contribution is -2.43. The molecule has 4 heterocycles. The van der Waals surface area contributed by atoms with Gasteiger partial charge in [0.1, 0.15) is 23.9 Å². The third-order valence-electron chi connectivity index (χ3n) is 7.80. The highest BCUT2D eigenvalue weighted by Gasteiger charge is 2.57. The molecule has 0 radical (unpaired) electrons. The number of hydrogen-bond donors (Lipinski definition) is 1. The van der Waals surface area contributed by atoms with Gasteiger partial charge in [0.05, 0.1) is 31.4 Å². The Balaban J connectivity index is 1.48. The Morgan fingerprint density at radius 2 is 1.93 bits per heavy atom. The lowest BCUT2D eigenvalue weighted by atomic mass is 10.1. The fourth-order valence-corrected chi connectivity index (χ4v) is 7.50. The van der Waals surface area contributed by atoms with Crippen molar-refractivity contribution in [1.82, 2.24) is 19.7 Å². The van der Waals surface area contributed by atoms with E-state index in [1.54, 1.807) is 36.5 Å². The van der Waals surface area contributed by atoms with Crippen LogP contribution in [0, 0.1) is 0 Å². The van der Waals surface area contributed by atoms with Crippen LogP contribution in [0.25, 0.3) is 11.0 Å². The van der Waals surface area contributed by atoms with Crippen molar-refractivity contribution in [2.75, 3.05) is 31.4 Å². The summed E-state index contributed by atoms with van der Waals surface area (Å²) in [4.78, 5) is 24.1. The first-order chi connectivity index (χ1) is 20.6. The van der Waals surface area contributed by atoms with E-state index in [-0.39, 0.29) is 24.5 Å². The predicted octanol–water partition coefficient (Wildman–Crippen LogP) is 4.86. The first-order valence-corrected chi connectivity index (χ1v) is 17.5. The average Bonchev–Trinajstić information content (AvgIpc) is 3.68. The lowest BCUT2D eigenvalue weighted by molar-refractivity contribution is -0.203. The first kappa shape index (κ1) is 33.5. The van der Waals surface area contributed by atoms with Gasteiger partial charge in [-0.25, -0.2) is 9.48 Å². The van der Waals surface area contributed by atoms with E-state index in [9.17, 15) is 14.5 Å². The van der Waals surface area contributed by atoms with Crippen molar-refractivity contribution in [3.8, 4) is 0 Å². The maximum atomic E-state index is 13.5. The molecule has 2 aliphatic heterocycles. The number of halogens is 1. The third-order valence-corrected chi connectivity index (χ3v) is 10.1. The molecule has 2 aromatic heterocycles. The molecule has 1 unspecified atom stereocenters. The number of hydrogen-bond acceptors (Lipinski definition) is 12. The summed E-state index contributed by atoms with van der Waals surface area (Å²) in [7, 11) is -3.25. The van der Waals surface area contributed by atoms with Crippen LogP contribution in [-0.4, -0.2) is 99.0 Å². The highest BCUT2D eigenvalue weighted by molar-refractivity contribution is 7.58. The molecule has 16 heteroatoms. The number of aliphatic hydroxyl groups excluding tert-OH is 1. The van der Waals surface area contributed by atoms with E-state index < -0.39 is 61.8 Å². The van der Waals surface area contributed by atoms with Crippen molar-refractivity contribution in [3.05, 3.63) is 11.5 Å². The first-order valence-electron chi connectivity index (χ1n) is 15.0. The van der Waals surface area contributed by atoms with Crippen molar-refractivity contribution in [2.45, 2.75) is 115 Å². The molecule has 0 aromatic carbocycles. The quantitative estimate of drug-likeness (QED) is 0.273. The number of aliphatic hydroxyl groups is 1. The summed E-state index contributed by atoms with van der Waals surface area (Å²) < 4.78 is 50.4. The van der Waals surface area contributed by atoms with Gasteiger partial charge in [0.2, 0.25) is 12.7 Å². The molecule has 5 rings (SSSR count). The van der Waals surface area contributed by atoms with Gasteiger partial charge in [-0.2, -0.15) is 15.1 Å². The lowest BCUT2D eigenvalue weighted by Gasteiger charge is -2.31. The molecule has 44 heavy (non-hydrogen) atoms. The van der Waals surface area contributed by atoms with Gasteiger partial charge in [0, 0.05) is 12.7 Å². The van der Waals surface area contributed by atoms with E-state index >= 15 is 0 Å². The maximum Gasteiger partial charge on any atom is 0.416 e. The molecule has 14 nitrogen and oxygen atoms in total. The molecule has 2 saturated heterocycles. The van der Waals surface area contributed by atoms with Crippen LogP contribution in [-0.2, 0) is 32.8 Å². The highest BCUT2D eigenvalue weighted by Crippen LogP contribution is 2.49. The second-order valence-corrected chi connectivity index (χ2v) is 15.8. The molecule has 1 aliphatic carbocycles. The number of ether oxygens (including phenoxy) is 5. The van der Waals surface area contributed by atoms with Crippen molar-refractivity contribution < 1.29 is 42.7 Å². The van der Waals surface area contributed by atoms with Crippen LogP contribution in [0.1, 0.15) is 73.5 Å². The summed E-state index contributed by atoms with van der Waals surface area (Å²) in [5.41, 5.74) is -0.374. The van der Waals surface area contributed by atoms with E-state index in [0.717, 1.165) is 25.7 Å². The van der Waals surface area contributed by atoms with Gasteiger partial charge in [-0.3, -0.25) is 9.46 Å². The van der Waals surface area contributed by atoms with Crippen LogP contribution in [0.4, 0.5) is 10.6 Å². The van der Waals surface area contributed by atoms with Crippen molar-refractivity contribution >= 4 is 41.9 Å². The number of carbonyl (C=O) groups is 1. The second-order valence-electron chi connectivity index (χ2n) is 12.9. The fraction of sp³-hybridized carbons (Fsp3) is 0.786. The molecule has 2 aromatic rings. The predicted molar refractivity (Wildman–Crippen MR) is 161 cm³/mol. The maximum absolute atomic E-state index is 13.5. The molecule has 6 atom stereocenters. The zero-order valence-corrected chi connectivity index (χ0v) is 27.9. The van der Waals surface area contributed by atoms with Crippen LogP contribution in [0.15, 0.2) is 6.20 Å². The van der Waals surface area contributed by atoms with Crippen molar-refractivity contribution in [2.24, 2.45) is 0 Å². The topological polar surface area (TPSA) is 157 Å². The van der Waals surface area contributed by atoms with Gasteiger partial charge in [0.25, 0.3) is 0 Å². The second kappa shape index (κ2) is 12.7. The van der Waals surface area contributed by atoms with Gasteiger partial charge in [0.15, 0.2) is 29.3 Å². The molecular formula is C28H43ClN5O9P. The number of nitrogens with zero attached hydrogens (tertiary/aromatic N) is 5. The number of anilines is 1. The monoisotopic (exact) mass is 659 g/mol. The normalized spacial score (nSPS) is 27.4. The minimum absolute atomic E-state index is 0.0540. The Bertz CT molecular complexity index is 1400. The molecule has 0 bridgehead atoms. The van der Waals surface area contributed by atoms with Gasteiger partial charge < -0.3 is 33.3 Å². The Morgan fingerprint density at radius 1 is 1.25 bits per heavy atom. The molecule has 1 N–H and O–H groups in total. The van der Waals surface area contributed by atoms with Crippen LogP contribution in [0.2, 0.25) is 5.28 Å². The Morgan fingerprint density at radius 3 is 2.57 bits per heavy atom. The number of rotatable bonds is 10. The van der Waals surface area contributed by atoms with Crippen LogP contribution in [0.3, 0.4) is 0 Å².